The van der Waals surface area contributed by atoms with Crippen LogP contribution in [0.2, 0.25) is 0 Å². The average molecular weight is 352 g/mol. The lowest BCUT2D eigenvalue weighted by Gasteiger charge is -2.18. The molecule has 0 fully saturated rings. The van der Waals surface area contributed by atoms with Gasteiger partial charge in [-0.25, -0.2) is 0 Å². The van der Waals surface area contributed by atoms with E-state index in [-0.39, 0.29) is 0 Å². The molecule has 0 aliphatic heterocycles. The standard InChI is InChI=1S/C19H22N5O2/c1-11-7-13(3)17(14(4)8-11)20-22-19(24(25)26)23-21-18-15(5)9-12(2)10-16(18)6/h7-10H,1-6H3/q-1/b22-19-,23-21?. The molecule has 26 heavy (non-hydrogen) atoms. The summed E-state index contributed by atoms with van der Waals surface area (Å²) in [7, 11) is 0. The molecule has 0 heterocycles. The predicted molar refractivity (Wildman–Crippen MR) is 103 cm³/mol. The molecule has 0 unspecified atom stereocenters. The predicted octanol–water partition coefficient (Wildman–Crippen LogP) is 5.87. The number of rotatable bonds is 3. The minimum absolute atomic E-state index is 0.604. The lowest BCUT2D eigenvalue weighted by atomic mass is 10.1. The highest BCUT2D eigenvalue weighted by Gasteiger charge is 2.11. The molecule has 0 saturated carbocycles. The molecule has 0 amide bonds. The lowest BCUT2D eigenvalue weighted by molar-refractivity contribution is -0.352. The number of nitro groups is 1. The summed E-state index contributed by atoms with van der Waals surface area (Å²) in [6.45, 7) is 11.5. The fraction of sp³-hybridized carbons (Fsp3) is 0.316. The van der Waals surface area contributed by atoms with E-state index in [9.17, 15) is 10.1 Å². The summed E-state index contributed by atoms with van der Waals surface area (Å²) in [5, 5.41) is 22.7. The zero-order valence-electron chi connectivity index (χ0n) is 15.9. The van der Waals surface area contributed by atoms with E-state index in [0.29, 0.717) is 11.4 Å². The molecule has 0 aliphatic rings. The van der Waals surface area contributed by atoms with Crippen LogP contribution in [0.5, 0.6) is 0 Å². The van der Waals surface area contributed by atoms with Crippen molar-refractivity contribution in [1.82, 2.24) is 0 Å². The number of aryl methyl sites for hydroxylation is 6. The third-order valence-electron chi connectivity index (χ3n) is 3.91. The summed E-state index contributed by atoms with van der Waals surface area (Å²) in [6.07, 6.45) is 0. The van der Waals surface area contributed by atoms with Crippen molar-refractivity contribution in [3.63, 3.8) is 0 Å². The van der Waals surface area contributed by atoms with Crippen molar-refractivity contribution in [3.05, 3.63) is 73.2 Å². The fourth-order valence-corrected chi connectivity index (χ4v) is 2.94. The number of hydrogen-bond donors (Lipinski definition) is 0. The summed E-state index contributed by atoms with van der Waals surface area (Å²) in [5.74, 6) is -0.649. The van der Waals surface area contributed by atoms with Crippen molar-refractivity contribution >= 4 is 17.3 Å². The molecule has 2 aromatic rings. The monoisotopic (exact) mass is 352 g/mol. The molecule has 0 radical (unpaired) electrons. The molecular weight excluding hydrogens is 330 g/mol. The molecule has 0 saturated heterocycles. The van der Waals surface area contributed by atoms with Crippen LogP contribution in [-0.4, -0.2) is 10.9 Å². The van der Waals surface area contributed by atoms with Gasteiger partial charge in [0.05, 0.1) is 5.11 Å². The van der Waals surface area contributed by atoms with E-state index in [1.807, 2.05) is 65.8 Å². The smallest absolute Gasteiger partial charge is 0.474 e. The van der Waals surface area contributed by atoms with Gasteiger partial charge in [0, 0.05) is 0 Å². The first-order chi connectivity index (χ1) is 12.2. The fourth-order valence-electron chi connectivity index (χ4n) is 2.94. The molecule has 7 heteroatoms. The van der Waals surface area contributed by atoms with Crippen LogP contribution in [0, 0.1) is 51.7 Å². The third-order valence-corrected chi connectivity index (χ3v) is 3.91. The van der Waals surface area contributed by atoms with Gasteiger partial charge in [-0.3, -0.25) is 0 Å². The molecule has 136 valence electrons. The van der Waals surface area contributed by atoms with Crippen LogP contribution in [0.25, 0.3) is 5.43 Å². The molecule has 0 bridgehead atoms. The second-order valence-corrected chi connectivity index (χ2v) is 6.45. The van der Waals surface area contributed by atoms with Gasteiger partial charge in [0.1, 0.15) is 5.69 Å². The second-order valence-electron chi connectivity index (χ2n) is 6.45. The maximum Gasteiger partial charge on any atom is 0.474 e. The third kappa shape index (κ3) is 4.50. The molecule has 7 nitrogen and oxygen atoms in total. The van der Waals surface area contributed by atoms with Crippen LogP contribution in [0.1, 0.15) is 33.4 Å². The molecule has 0 atom stereocenters. The van der Waals surface area contributed by atoms with Crippen LogP contribution >= 0.6 is 0 Å². The quantitative estimate of drug-likeness (QED) is 0.227. The lowest BCUT2D eigenvalue weighted by Crippen LogP contribution is -2.07. The minimum Gasteiger partial charge on any atom is -0.491 e. The number of nitrogens with zero attached hydrogens (tertiary/aromatic N) is 5. The number of benzene rings is 2. The van der Waals surface area contributed by atoms with Crippen molar-refractivity contribution < 1.29 is 4.92 Å². The van der Waals surface area contributed by atoms with Gasteiger partial charge >= 0.3 is 5.96 Å². The Balaban J connectivity index is 2.33. The second kappa shape index (κ2) is 7.86. The van der Waals surface area contributed by atoms with Crippen LogP contribution in [0.15, 0.2) is 39.6 Å². The summed E-state index contributed by atoms with van der Waals surface area (Å²) in [6, 6.07) is 7.81. The first-order valence-electron chi connectivity index (χ1n) is 8.19. The molecule has 0 N–H and O–H groups in total. The Labute approximate surface area is 153 Å². The Morgan fingerprint density at radius 3 is 1.81 bits per heavy atom. The van der Waals surface area contributed by atoms with Gasteiger partial charge < -0.3 is 15.5 Å². The van der Waals surface area contributed by atoms with Gasteiger partial charge in [-0.2, -0.15) is 5.10 Å². The summed E-state index contributed by atoms with van der Waals surface area (Å²) < 4.78 is 0. The van der Waals surface area contributed by atoms with E-state index in [0.717, 1.165) is 33.4 Å². The first kappa shape index (κ1) is 19.2. The highest BCUT2D eigenvalue weighted by molar-refractivity contribution is 5.75. The van der Waals surface area contributed by atoms with E-state index in [1.165, 1.54) is 0 Å². The SMILES string of the molecule is Cc1cc(C)c(N=N/C(=N/[N-]c2c(C)cc(C)cc2C)[N+](=O)[O-])c(C)c1. The van der Waals surface area contributed by atoms with Crippen molar-refractivity contribution in [1.29, 1.82) is 0 Å². The topological polar surface area (TPSA) is 94.3 Å². The highest BCUT2D eigenvalue weighted by Crippen LogP contribution is 2.30. The van der Waals surface area contributed by atoms with Crippen molar-refractivity contribution in [2.24, 2.45) is 15.3 Å². The van der Waals surface area contributed by atoms with E-state index in [1.54, 1.807) is 0 Å². The van der Waals surface area contributed by atoms with Gasteiger partial charge in [0.15, 0.2) is 0 Å². The van der Waals surface area contributed by atoms with Gasteiger partial charge in [-0.1, -0.05) is 51.6 Å². The van der Waals surface area contributed by atoms with E-state index in [2.05, 4.69) is 20.8 Å². The summed E-state index contributed by atoms with van der Waals surface area (Å²) in [5.41, 5.74) is 11.0. The number of hydrogen-bond acceptors (Lipinski definition) is 4. The van der Waals surface area contributed by atoms with Gasteiger partial charge in [-0.15, -0.1) is 5.69 Å². The van der Waals surface area contributed by atoms with Crippen LogP contribution in [0.3, 0.4) is 0 Å². The Hall–Kier alpha value is -3.09. The zero-order valence-corrected chi connectivity index (χ0v) is 15.9. The van der Waals surface area contributed by atoms with Crippen molar-refractivity contribution in [3.8, 4) is 0 Å². The Morgan fingerprint density at radius 1 is 0.885 bits per heavy atom. The number of guanidine groups is 1. The zero-order chi connectivity index (χ0) is 19.4. The van der Waals surface area contributed by atoms with Crippen LogP contribution in [-0.2, 0) is 0 Å². The molecule has 2 aromatic carbocycles. The Kier molecular flexibility index (Phi) is 5.82. The number of azo groups is 1. The summed E-state index contributed by atoms with van der Waals surface area (Å²) in [4.78, 5) is 10.6. The molecule has 2 rings (SSSR count). The maximum atomic E-state index is 11.3. The largest absolute Gasteiger partial charge is 0.491 e. The average Bonchev–Trinajstić information content (AvgIpc) is 2.50. The van der Waals surface area contributed by atoms with E-state index < -0.39 is 10.9 Å². The van der Waals surface area contributed by atoms with E-state index in [4.69, 9.17) is 0 Å². The van der Waals surface area contributed by atoms with Gasteiger partial charge in [0.2, 0.25) is 0 Å². The normalized spacial score (nSPS) is 11.8. The first-order valence-corrected chi connectivity index (χ1v) is 8.19. The van der Waals surface area contributed by atoms with Crippen molar-refractivity contribution in [2.75, 3.05) is 0 Å². The molecule has 0 aromatic heterocycles. The van der Waals surface area contributed by atoms with Crippen LogP contribution < -0.4 is 0 Å². The minimum atomic E-state index is -0.690. The Bertz CT molecular complexity index is 870. The van der Waals surface area contributed by atoms with Gasteiger partial charge in [-0.05, 0) is 57.6 Å². The Morgan fingerprint density at radius 2 is 1.35 bits per heavy atom. The van der Waals surface area contributed by atoms with Crippen molar-refractivity contribution in [2.45, 2.75) is 41.5 Å². The van der Waals surface area contributed by atoms with E-state index >= 15 is 0 Å². The maximum absolute atomic E-state index is 11.3. The molecule has 0 spiro atoms. The van der Waals surface area contributed by atoms with Crippen LogP contribution in [0.4, 0.5) is 11.4 Å². The van der Waals surface area contributed by atoms with Gasteiger partial charge in [0.25, 0.3) is 0 Å². The summed E-state index contributed by atoms with van der Waals surface area (Å²) >= 11 is 0. The highest BCUT2D eigenvalue weighted by atomic mass is 16.6. The molecule has 0 aliphatic carbocycles. The molecular formula is C19H22N5O2-.